The van der Waals surface area contributed by atoms with Gasteiger partial charge in [-0.2, -0.15) is 0 Å². The first-order valence-corrected chi connectivity index (χ1v) is 6.85. The van der Waals surface area contributed by atoms with Crippen LogP contribution >= 0.6 is 23.2 Å². The molecule has 0 spiro atoms. The predicted molar refractivity (Wildman–Crippen MR) is 76.8 cm³/mol. The second-order valence-electron chi connectivity index (χ2n) is 4.61. The fourth-order valence-corrected chi connectivity index (χ4v) is 2.64. The summed E-state index contributed by atoms with van der Waals surface area (Å²) in [5.74, 6) is -0.101. The molecular weight excluding hydrogens is 287 g/mol. The van der Waals surface area contributed by atoms with E-state index in [1.807, 2.05) is 0 Å². The summed E-state index contributed by atoms with van der Waals surface area (Å²) in [4.78, 5) is 14.1. The molecule has 1 aromatic rings. The highest BCUT2D eigenvalue weighted by Gasteiger charge is 2.24. The predicted octanol–water partition coefficient (Wildman–Crippen LogP) is 2.83. The number of ether oxygens (including phenoxy) is 1. The van der Waals surface area contributed by atoms with E-state index in [1.54, 1.807) is 24.1 Å². The Morgan fingerprint density at radius 2 is 1.84 bits per heavy atom. The third kappa shape index (κ3) is 3.14. The first-order valence-electron chi connectivity index (χ1n) is 6.10. The van der Waals surface area contributed by atoms with E-state index in [2.05, 4.69) is 0 Å². The fraction of sp³-hybridized carbons (Fsp3) is 0.462. The Bertz CT molecular complexity index is 465. The van der Waals surface area contributed by atoms with Crippen LogP contribution in [0.4, 0.5) is 5.69 Å². The van der Waals surface area contributed by atoms with E-state index in [0.29, 0.717) is 34.5 Å². The van der Waals surface area contributed by atoms with Crippen molar-refractivity contribution < 1.29 is 9.53 Å². The van der Waals surface area contributed by atoms with Gasteiger partial charge in [0, 0.05) is 31.9 Å². The minimum atomic E-state index is -0.101. The van der Waals surface area contributed by atoms with Crippen LogP contribution in [-0.4, -0.2) is 37.1 Å². The molecule has 19 heavy (non-hydrogen) atoms. The Kier molecular flexibility index (Phi) is 4.55. The molecule has 2 N–H and O–H groups in total. The Morgan fingerprint density at radius 1 is 1.32 bits per heavy atom. The topological polar surface area (TPSA) is 55.6 Å². The van der Waals surface area contributed by atoms with Crippen molar-refractivity contribution in [3.63, 3.8) is 0 Å². The summed E-state index contributed by atoms with van der Waals surface area (Å²) in [6, 6.07) is 3.30. The summed E-state index contributed by atoms with van der Waals surface area (Å²) in [5, 5.41) is 0.604. The van der Waals surface area contributed by atoms with Crippen LogP contribution in [0.1, 0.15) is 23.2 Å². The average Bonchev–Trinajstić information content (AvgIpc) is 2.43. The van der Waals surface area contributed by atoms with Crippen molar-refractivity contribution in [2.45, 2.75) is 18.9 Å². The molecule has 0 aromatic heterocycles. The lowest BCUT2D eigenvalue weighted by Gasteiger charge is -2.31. The van der Waals surface area contributed by atoms with E-state index in [4.69, 9.17) is 33.7 Å². The van der Waals surface area contributed by atoms with Gasteiger partial charge in [0.2, 0.25) is 0 Å². The smallest absolute Gasteiger partial charge is 0.253 e. The molecule has 0 bridgehead atoms. The molecule has 1 saturated heterocycles. The number of carbonyl (C=O) groups is 1. The molecule has 0 radical (unpaired) electrons. The number of benzene rings is 1. The van der Waals surface area contributed by atoms with Gasteiger partial charge >= 0.3 is 0 Å². The van der Waals surface area contributed by atoms with Gasteiger partial charge in [-0.15, -0.1) is 0 Å². The minimum absolute atomic E-state index is 0.101. The average molecular weight is 303 g/mol. The number of rotatable bonds is 2. The van der Waals surface area contributed by atoms with Crippen LogP contribution < -0.4 is 5.73 Å². The molecule has 1 amide bonds. The summed E-state index contributed by atoms with van der Waals surface area (Å²) in [6.07, 6.45) is 1.69. The lowest BCUT2D eigenvalue weighted by Crippen LogP contribution is -2.40. The Hall–Kier alpha value is -0.970. The van der Waals surface area contributed by atoms with E-state index in [-0.39, 0.29) is 11.9 Å². The highest BCUT2D eigenvalue weighted by atomic mass is 35.5. The molecule has 0 atom stereocenters. The molecular formula is C13H16Cl2N2O2. The standard InChI is InChI=1S/C13H16Cl2N2O2/c1-17(9-2-4-19-5-3-9)13(18)8-6-10(14)12(16)11(15)7-8/h6-7,9H,2-5,16H2,1H3. The first-order chi connectivity index (χ1) is 9.00. The van der Waals surface area contributed by atoms with Crippen molar-refractivity contribution in [1.29, 1.82) is 0 Å². The number of carbonyl (C=O) groups excluding carboxylic acids is 1. The number of nitrogens with two attached hydrogens (primary N) is 1. The van der Waals surface area contributed by atoms with Gasteiger partial charge in [-0.1, -0.05) is 23.2 Å². The van der Waals surface area contributed by atoms with Gasteiger partial charge in [-0.25, -0.2) is 0 Å². The second kappa shape index (κ2) is 5.99. The number of hydrogen-bond donors (Lipinski definition) is 1. The molecule has 1 aliphatic heterocycles. The van der Waals surface area contributed by atoms with E-state index in [0.717, 1.165) is 12.8 Å². The van der Waals surface area contributed by atoms with Crippen molar-refractivity contribution in [2.24, 2.45) is 0 Å². The zero-order valence-electron chi connectivity index (χ0n) is 10.7. The molecule has 2 rings (SSSR count). The van der Waals surface area contributed by atoms with Gasteiger partial charge in [0.1, 0.15) is 0 Å². The summed E-state index contributed by atoms with van der Waals surface area (Å²) in [7, 11) is 1.79. The summed E-state index contributed by atoms with van der Waals surface area (Å²) in [6.45, 7) is 1.37. The van der Waals surface area contributed by atoms with Gasteiger partial charge in [0.05, 0.1) is 15.7 Å². The largest absolute Gasteiger partial charge is 0.396 e. The van der Waals surface area contributed by atoms with Crippen molar-refractivity contribution in [3.8, 4) is 0 Å². The number of hydrogen-bond acceptors (Lipinski definition) is 3. The van der Waals surface area contributed by atoms with E-state index < -0.39 is 0 Å². The highest BCUT2D eigenvalue weighted by molar-refractivity contribution is 6.39. The first kappa shape index (κ1) is 14.4. The maximum atomic E-state index is 12.4. The SMILES string of the molecule is CN(C(=O)c1cc(Cl)c(N)c(Cl)c1)C1CCOCC1. The van der Waals surface area contributed by atoms with Gasteiger partial charge in [-0.3, -0.25) is 4.79 Å². The molecule has 1 fully saturated rings. The van der Waals surface area contributed by atoms with Crippen LogP contribution in [-0.2, 0) is 4.74 Å². The van der Waals surface area contributed by atoms with Crippen molar-refractivity contribution in [1.82, 2.24) is 4.90 Å². The Labute approximate surface area is 122 Å². The van der Waals surface area contributed by atoms with Crippen LogP contribution in [0.5, 0.6) is 0 Å². The van der Waals surface area contributed by atoms with Crippen molar-refractivity contribution in [3.05, 3.63) is 27.7 Å². The third-order valence-corrected chi connectivity index (χ3v) is 4.01. The zero-order chi connectivity index (χ0) is 14.0. The highest BCUT2D eigenvalue weighted by Crippen LogP contribution is 2.29. The van der Waals surface area contributed by atoms with Crippen LogP contribution in [0.2, 0.25) is 10.0 Å². The molecule has 0 aliphatic carbocycles. The van der Waals surface area contributed by atoms with Gasteiger partial charge in [-0.05, 0) is 25.0 Å². The van der Waals surface area contributed by atoms with E-state index >= 15 is 0 Å². The Morgan fingerprint density at radius 3 is 2.37 bits per heavy atom. The quantitative estimate of drug-likeness (QED) is 0.855. The van der Waals surface area contributed by atoms with E-state index in [1.165, 1.54) is 0 Å². The van der Waals surface area contributed by atoms with E-state index in [9.17, 15) is 4.79 Å². The maximum absolute atomic E-state index is 12.4. The number of nitrogens with zero attached hydrogens (tertiary/aromatic N) is 1. The number of amides is 1. The summed E-state index contributed by atoms with van der Waals surface area (Å²) >= 11 is 11.9. The Balaban J connectivity index is 2.18. The third-order valence-electron chi connectivity index (χ3n) is 3.38. The number of nitrogen functional groups attached to an aromatic ring is 1. The summed E-state index contributed by atoms with van der Waals surface area (Å²) in [5.41, 5.74) is 6.42. The molecule has 0 saturated carbocycles. The van der Waals surface area contributed by atoms with Crippen LogP contribution in [0, 0.1) is 0 Å². The van der Waals surface area contributed by atoms with Gasteiger partial charge in [0.25, 0.3) is 5.91 Å². The fourth-order valence-electron chi connectivity index (χ4n) is 2.15. The number of halogens is 2. The lowest BCUT2D eigenvalue weighted by molar-refractivity contribution is 0.0362. The molecule has 1 aromatic carbocycles. The zero-order valence-corrected chi connectivity index (χ0v) is 12.2. The lowest BCUT2D eigenvalue weighted by atomic mass is 10.1. The second-order valence-corrected chi connectivity index (χ2v) is 5.43. The molecule has 4 nitrogen and oxygen atoms in total. The molecule has 104 valence electrons. The molecule has 1 heterocycles. The monoisotopic (exact) mass is 302 g/mol. The van der Waals surface area contributed by atoms with Crippen LogP contribution in [0.3, 0.4) is 0 Å². The molecule has 1 aliphatic rings. The van der Waals surface area contributed by atoms with Gasteiger partial charge < -0.3 is 15.4 Å². The van der Waals surface area contributed by atoms with Crippen molar-refractivity contribution in [2.75, 3.05) is 26.0 Å². The minimum Gasteiger partial charge on any atom is -0.396 e. The number of anilines is 1. The molecule has 6 heteroatoms. The van der Waals surface area contributed by atoms with Crippen LogP contribution in [0.25, 0.3) is 0 Å². The molecule has 0 unspecified atom stereocenters. The van der Waals surface area contributed by atoms with Gasteiger partial charge in [0.15, 0.2) is 0 Å². The maximum Gasteiger partial charge on any atom is 0.253 e. The van der Waals surface area contributed by atoms with Crippen molar-refractivity contribution >= 4 is 34.8 Å². The van der Waals surface area contributed by atoms with Crippen LogP contribution in [0.15, 0.2) is 12.1 Å². The summed E-state index contributed by atoms with van der Waals surface area (Å²) < 4.78 is 5.29. The normalized spacial score (nSPS) is 16.4.